The highest BCUT2D eigenvalue weighted by atomic mass is 16.5. The van der Waals surface area contributed by atoms with Crippen LogP contribution in [-0.4, -0.2) is 18.2 Å². The van der Waals surface area contributed by atoms with Gasteiger partial charge in [0.05, 0.1) is 19.7 Å². The molecule has 1 aromatic rings. The predicted octanol–water partition coefficient (Wildman–Crippen LogP) is -0.0277. The molecule has 0 saturated carbocycles. The van der Waals surface area contributed by atoms with Crippen LogP contribution < -0.4 is 5.73 Å². The van der Waals surface area contributed by atoms with Gasteiger partial charge in [-0.25, -0.2) is 0 Å². The Morgan fingerprint density at radius 3 is 3.09 bits per heavy atom. The zero-order valence-corrected chi connectivity index (χ0v) is 6.03. The highest BCUT2D eigenvalue weighted by Gasteiger charge is 2.08. The Morgan fingerprint density at radius 2 is 2.64 bits per heavy atom. The van der Waals surface area contributed by atoms with Gasteiger partial charge < -0.3 is 15.0 Å². The number of aromatic nitrogens is 1. The van der Waals surface area contributed by atoms with Crippen molar-refractivity contribution in [1.82, 2.24) is 5.16 Å². The van der Waals surface area contributed by atoms with Crippen LogP contribution in [0, 0.1) is 0 Å². The summed E-state index contributed by atoms with van der Waals surface area (Å²) in [6, 6.07) is 0. The summed E-state index contributed by atoms with van der Waals surface area (Å²) in [4.78, 5) is 10.7. The second-order valence-corrected chi connectivity index (χ2v) is 1.97. The number of nitrogens with two attached hydrogens (primary N) is 1. The lowest BCUT2D eigenvalue weighted by Crippen LogP contribution is -2.04. The number of carbonyl (C=O) groups is 1. The lowest BCUT2D eigenvalue weighted by atomic mass is 10.2. The Labute approximate surface area is 63.1 Å². The minimum atomic E-state index is -0.361. The summed E-state index contributed by atoms with van der Waals surface area (Å²) < 4.78 is 8.94. The number of anilines is 1. The Balaban J connectivity index is 2.64. The first-order valence-corrected chi connectivity index (χ1v) is 3.00. The average molecular weight is 156 g/mol. The number of nitrogens with zero attached hydrogens (tertiary/aromatic N) is 1. The maximum absolute atomic E-state index is 10.7. The van der Waals surface area contributed by atoms with Gasteiger partial charge in [-0.15, -0.1) is 0 Å². The van der Waals surface area contributed by atoms with Crippen LogP contribution in [0.5, 0.6) is 0 Å². The lowest BCUT2D eigenvalue weighted by Gasteiger charge is -1.94. The second-order valence-electron chi connectivity index (χ2n) is 1.97. The number of esters is 1. The van der Waals surface area contributed by atoms with Crippen molar-refractivity contribution in [3.05, 3.63) is 11.8 Å². The quantitative estimate of drug-likeness (QED) is 0.608. The molecular weight excluding hydrogens is 148 g/mol. The monoisotopic (exact) mass is 156 g/mol. The Bertz CT molecular complexity index is 256. The maximum Gasteiger partial charge on any atom is 0.310 e. The highest BCUT2D eigenvalue weighted by molar-refractivity contribution is 5.73. The van der Waals surface area contributed by atoms with Crippen molar-refractivity contribution in [3.63, 3.8) is 0 Å². The number of hydrogen-bond donors (Lipinski definition) is 1. The second kappa shape index (κ2) is 3.05. The van der Waals surface area contributed by atoms with Gasteiger partial charge in [0.2, 0.25) is 5.88 Å². The molecule has 0 fully saturated rings. The van der Waals surface area contributed by atoms with E-state index >= 15 is 0 Å². The van der Waals surface area contributed by atoms with Gasteiger partial charge in [-0.1, -0.05) is 5.16 Å². The molecule has 0 saturated heterocycles. The summed E-state index contributed by atoms with van der Waals surface area (Å²) in [5, 5.41) is 3.40. The molecule has 0 aromatic carbocycles. The molecule has 0 amide bonds. The van der Waals surface area contributed by atoms with Gasteiger partial charge in [-0.05, 0) is 0 Å². The Morgan fingerprint density at radius 1 is 1.91 bits per heavy atom. The molecule has 2 N–H and O–H groups in total. The van der Waals surface area contributed by atoms with Crippen molar-refractivity contribution in [1.29, 1.82) is 0 Å². The van der Waals surface area contributed by atoms with E-state index in [4.69, 9.17) is 5.73 Å². The van der Waals surface area contributed by atoms with E-state index in [1.165, 1.54) is 13.3 Å². The molecule has 60 valence electrons. The number of hydrogen-bond acceptors (Lipinski definition) is 5. The van der Waals surface area contributed by atoms with Gasteiger partial charge in [-0.3, -0.25) is 4.79 Å². The van der Waals surface area contributed by atoms with Crippen LogP contribution in [0.3, 0.4) is 0 Å². The normalized spacial score (nSPS) is 9.55. The standard InChI is InChI=1S/C6H8N2O3/c1-10-5(9)2-4-3-8-11-6(4)7/h3H,2,7H2,1H3. The predicted molar refractivity (Wildman–Crippen MR) is 36.6 cm³/mol. The maximum atomic E-state index is 10.7. The molecule has 0 atom stereocenters. The van der Waals surface area contributed by atoms with Crippen molar-refractivity contribution < 1.29 is 14.1 Å². The highest BCUT2D eigenvalue weighted by Crippen LogP contribution is 2.10. The summed E-state index contributed by atoms with van der Waals surface area (Å²) in [6.45, 7) is 0. The third-order valence-electron chi connectivity index (χ3n) is 1.24. The Hall–Kier alpha value is -1.52. The molecule has 0 aliphatic carbocycles. The molecule has 5 heteroatoms. The molecule has 0 aliphatic heterocycles. The van der Waals surface area contributed by atoms with Crippen LogP contribution in [-0.2, 0) is 16.0 Å². The molecule has 11 heavy (non-hydrogen) atoms. The van der Waals surface area contributed by atoms with Gasteiger partial charge in [0.25, 0.3) is 0 Å². The lowest BCUT2D eigenvalue weighted by molar-refractivity contribution is -0.139. The minimum Gasteiger partial charge on any atom is -0.469 e. The van der Waals surface area contributed by atoms with Gasteiger partial charge >= 0.3 is 5.97 Å². The molecule has 1 rings (SSSR count). The fraction of sp³-hybridized carbons (Fsp3) is 0.333. The first-order chi connectivity index (χ1) is 5.24. The van der Waals surface area contributed by atoms with Gasteiger partial charge in [0, 0.05) is 5.56 Å². The first-order valence-electron chi connectivity index (χ1n) is 3.00. The van der Waals surface area contributed by atoms with Crippen molar-refractivity contribution >= 4 is 11.9 Å². The number of rotatable bonds is 2. The van der Waals surface area contributed by atoms with E-state index < -0.39 is 0 Å². The van der Waals surface area contributed by atoms with E-state index in [0.29, 0.717) is 5.56 Å². The van der Waals surface area contributed by atoms with E-state index in [1.807, 2.05) is 0 Å². The van der Waals surface area contributed by atoms with Gasteiger partial charge in [-0.2, -0.15) is 0 Å². The summed E-state index contributed by atoms with van der Waals surface area (Å²) in [6.07, 6.45) is 1.50. The number of ether oxygens (including phenoxy) is 1. The fourth-order valence-corrected chi connectivity index (χ4v) is 0.629. The fourth-order valence-electron chi connectivity index (χ4n) is 0.629. The van der Waals surface area contributed by atoms with Crippen molar-refractivity contribution in [2.45, 2.75) is 6.42 Å². The molecule has 0 radical (unpaired) electrons. The molecule has 1 aromatic heterocycles. The smallest absolute Gasteiger partial charge is 0.310 e. The molecule has 0 spiro atoms. The first kappa shape index (κ1) is 7.59. The molecule has 0 aliphatic rings. The molecular formula is C6H8N2O3. The summed E-state index contributed by atoms with van der Waals surface area (Å²) in [7, 11) is 1.31. The van der Waals surface area contributed by atoms with E-state index in [2.05, 4.69) is 14.4 Å². The van der Waals surface area contributed by atoms with E-state index in [9.17, 15) is 4.79 Å². The number of methoxy groups -OCH3 is 1. The van der Waals surface area contributed by atoms with Crippen LogP contribution in [0.2, 0.25) is 0 Å². The number of carbonyl (C=O) groups excluding carboxylic acids is 1. The van der Waals surface area contributed by atoms with Crippen molar-refractivity contribution in [2.75, 3.05) is 12.8 Å². The van der Waals surface area contributed by atoms with Crippen molar-refractivity contribution in [3.8, 4) is 0 Å². The third kappa shape index (κ3) is 1.70. The van der Waals surface area contributed by atoms with Crippen LogP contribution in [0.4, 0.5) is 5.88 Å². The Kier molecular flexibility index (Phi) is 2.10. The zero-order chi connectivity index (χ0) is 8.27. The van der Waals surface area contributed by atoms with Crippen molar-refractivity contribution in [2.24, 2.45) is 0 Å². The van der Waals surface area contributed by atoms with E-state index in [1.54, 1.807) is 0 Å². The van der Waals surface area contributed by atoms with Crippen LogP contribution in [0.25, 0.3) is 0 Å². The number of nitrogen functional groups attached to an aromatic ring is 1. The summed E-state index contributed by atoms with van der Waals surface area (Å²) >= 11 is 0. The zero-order valence-electron chi connectivity index (χ0n) is 6.03. The van der Waals surface area contributed by atoms with Gasteiger partial charge in [0.15, 0.2) is 0 Å². The van der Waals surface area contributed by atoms with E-state index in [-0.39, 0.29) is 18.3 Å². The molecule has 0 bridgehead atoms. The van der Waals surface area contributed by atoms with E-state index in [0.717, 1.165) is 0 Å². The average Bonchev–Trinajstić information content (AvgIpc) is 2.37. The molecule has 1 heterocycles. The largest absolute Gasteiger partial charge is 0.469 e. The third-order valence-corrected chi connectivity index (χ3v) is 1.24. The van der Waals surface area contributed by atoms with Crippen LogP contribution >= 0.6 is 0 Å². The summed E-state index contributed by atoms with van der Waals surface area (Å²) in [5.74, 6) is -0.199. The molecule has 5 nitrogen and oxygen atoms in total. The van der Waals surface area contributed by atoms with Crippen LogP contribution in [0.15, 0.2) is 10.7 Å². The SMILES string of the molecule is COC(=O)Cc1cnoc1N. The van der Waals surface area contributed by atoms with Gasteiger partial charge in [0.1, 0.15) is 0 Å². The van der Waals surface area contributed by atoms with Crippen LogP contribution in [0.1, 0.15) is 5.56 Å². The topological polar surface area (TPSA) is 78.3 Å². The summed E-state index contributed by atoms with van der Waals surface area (Å²) in [5.41, 5.74) is 5.86. The molecule has 0 unspecified atom stereocenters. The minimum absolute atomic E-state index is 0.103.